The second kappa shape index (κ2) is 17.4. The standard InChI is InChI=1S/2C19H22N2O3.2ClH.H2O/c2*1-12-10-16-15(4-5-17(22)20-16)18-14(12)3-2-13(19(18)23)11-21-6-8-24-9-7-21;;;/h2*4-5,10,13H,2-3,6-9,11H2,1H3,(H,20,22);2*1H;1H2. The number of carbonyl (C=O) groups is 2. The number of fused-ring (bicyclic) bond motifs is 6. The van der Waals surface area contributed by atoms with Gasteiger partial charge in [-0.3, -0.25) is 29.0 Å². The molecule has 0 saturated carbocycles. The minimum Gasteiger partial charge on any atom is -0.412 e. The van der Waals surface area contributed by atoms with Crippen molar-refractivity contribution in [3.8, 4) is 0 Å². The van der Waals surface area contributed by atoms with E-state index in [0.29, 0.717) is 0 Å². The molecule has 0 bridgehead atoms. The fourth-order valence-electron chi connectivity index (χ4n) is 8.03. The first kappa shape index (κ1) is 40.4. The Bertz CT molecular complexity index is 1860. The number of halogens is 2. The Morgan fingerprint density at radius 2 is 1.00 bits per heavy atom. The summed E-state index contributed by atoms with van der Waals surface area (Å²) in [6, 6.07) is 10.6. The molecule has 4 aliphatic rings. The van der Waals surface area contributed by atoms with Gasteiger partial charge >= 0.3 is 0 Å². The van der Waals surface area contributed by atoms with Crippen LogP contribution in [-0.2, 0) is 22.3 Å². The zero-order valence-corrected chi connectivity index (χ0v) is 30.8. The predicted molar refractivity (Wildman–Crippen MR) is 204 cm³/mol. The van der Waals surface area contributed by atoms with E-state index in [2.05, 4.69) is 19.8 Å². The number of ether oxygens (including phenoxy) is 2. The molecule has 2 aliphatic heterocycles. The van der Waals surface area contributed by atoms with Crippen LogP contribution in [0.5, 0.6) is 0 Å². The van der Waals surface area contributed by atoms with Gasteiger partial charge in [0, 0.05) is 96.2 Å². The third kappa shape index (κ3) is 8.46. The van der Waals surface area contributed by atoms with Crippen LogP contribution in [0.2, 0.25) is 0 Å². The molecule has 2 aliphatic carbocycles. The van der Waals surface area contributed by atoms with Crippen molar-refractivity contribution in [2.45, 2.75) is 39.5 Å². The van der Waals surface area contributed by atoms with Gasteiger partial charge in [0.1, 0.15) is 0 Å². The Labute approximate surface area is 309 Å². The summed E-state index contributed by atoms with van der Waals surface area (Å²) in [6.07, 6.45) is 3.66. The normalized spacial score (nSPS) is 20.6. The minimum atomic E-state index is -0.130. The zero-order chi connectivity index (χ0) is 33.4. The highest BCUT2D eigenvalue weighted by atomic mass is 35.5. The average Bonchev–Trinajstić information content (AvgIpc) is 3.08. The SMILES string of the molecule is Cc1cc2[nH]c(=O)ccc2c2c1CCC(CN1CCOCC1)C2=O.Cc1cc2[nH]c(=O)ccc2c2c1CCC(CN1CCOCC1)C2=O.Cl.Cl.O. The molecule has 2 aromatic carbocycles. The van der Waals surface area contributed by atoms with E-state index >= 15 is 0 Å². The summed E-state index contributed by atoms with van der Waals surface area (Å²) in [7, 11) is 0. The molecule has 0 radical (unpaired) electrons. The number of H-pyrrole nitrogens is 2. The van der Waals surface area contributed by atoms with Gasteiger partial charge in [-0.2, -0.15) is 0 Å². The second-order valence-corrected chi connectivity index (χ2v) is 13.7. The Morgan fingerprint density at radius 1 is 0.627 bits per heavy atom. The molecule has 4 heterocycles. The van der Waals surface area contributed by atoms with Gasteiger partial charge in [0.05, 0.1) is 26.4 Å². The van der Waals surface area contributed by atoms with Crippen LogP contribution in [0.3, 0.4) is 0 Å². The third-order valence-electron chi connectivity index (χ3n) is 10.6. The van der Waals surface area contributed by atoms with Crippen molar-refractivity contribution in [3.05, 3.63) is 90.5 Å². The number of aryl methyl sites for hydroxylation is 2. The van der Waals surface area contributed by atoms with E-state index < -0.39 is 0 Å². The third-order valence-corrected chi connectivity index (χ3v) is 10.6. The molecule has 4 aromatic rings. The molecule has 0 amide bonds. The van der Waals surface area contributed by atoms with E-state index in [1.165, 1.54) is 12.1 Å². The van der Waals surface area contributed by atoms with Crippen molar-refractivity contribution >= 4 is 58.2 Å². The van der Waals surface area contributed by atoms with Gasteiger partial charge in [-0.25, -0.2) is 0 Å². The number of nitrogens with one attached hydrogen (secondary N) is 2. The van der Waals surface area contributed by atoms with Crippen LogP contribution in [-0.4, -0.2) is 103 Å². The first-order valence-corrected chi connectivity index (χ1v) is 17.3. The number of ketones is 2. The fourth-order valence-corrected chi connectivity index (χ4v) is 8.03. The van der Waals surface area contributed by atoms with E-state index in [-0.39, 0.29) is 64.8 Å². The van der Waals surface area contributed by atoms with Gasteiger partial charge in [0.2, 0.25) is 11.1 Å². The summed E-state index contributed by atoms with van der Waals surface area (Å²) in [5.74, 6) is 0.520. The van der Waals surface area contributed by atoms with Gasteiger partial charge in [0.15, 0.2) is 11.6 Å². The topological polar surface area (TPSA) is 156 Å². The molecule has 51 heavy (non-hydrogen) atoms. The Kier molecular flexibility index (Phi) is 13.8. The number of morpholine rings is 2. The Morgan fingerprint density at radius 3 is 1.37 bits per heavy atom. The predicted octanol–water partition coefficient (Wildman–Crippen LogP) is 3.85. The van der Waals surface area contributed by atoms with Crippen LogP contribution in [0.15, 0.2) is 46.0 Å². The lowest BCUT2D eigenvalue weighted by atomic mass is 9.79. The van der Waals surface area contributed by atoms with Crippen LogP contribution in [0.25, 0.3) is 21.8 Å². The quantitative estimate of drug-likeness (QED) is 0.320. The van der Waals surface area contributed by atoms with E-state index in [0.717, 1.165) is 147 Å². The van der Waals surface area contributed by atoms with E-state index in [4.69, 9.17) is 9.47 Å². The number of aromatic amines is 2. The smallest absolute Gasteiger partial charge is 0.248 e. The molecule has 4 N–H and O–H groups in total. The highest BCUT2D eigenvalue weighted by Crippen LogP contribution is 2.35. The van der Waals surface area contributed by atoms with Gasteiger partial charge in [0.25, 0.3) is 0 Å². The molecule has 8 rings (SSSR count). The van der Waals surface area contributed by atoms with Crippen LogP contribution in [0, 0.1) is 25.7 Å². The number of rotatable bonds is 4. The lowest BCUT2D eigenvalue weighted by Gasteiger charge is -2.32. The zero-order valence-electron chi connectivity index (χ0n) is 29.2. The van der Waals surface area contributed by atoms with Crippen molar-refractivity contribution in [2.24, 2.45) is 11.8 Å². The molecule has 2 aromatic heterocycles. The molecule has 276 valence electrons. The van der Waals surface area contributed by atoms with E-state index in [9.17, 15) is 19.2 Å². The maximum Gasteiger partial charge on any atom is 0.248 e. The van der Waals surface area contributed by atoms with Crippen LogP contribution in [0.1, 0.15) is 55.8 Å². The molecule has 0 spiro atoms. The molecule has 13 heteroatoms. The molecular formula is C38H48Cl2N4O7. The highest BCUT2D eigenvalue weighted by molar-refractivity contribution is 6.11. The number of aromatic nitrogens is 2. The van der Waals surface area contributed by atoms with Crippen molar-refractivity contribution in [2.75, 3.05) is 65.7 Å². The average molecular weight is 744 g/mol. The van der Waals surface area contributed by atoms with E-state index in [1.807, 2.05) is 26.0 Å². The number of nitrogens with zero attached hydrogens (tertiary/aromatic N) is 2. The van der Waals surface area contributed by atoms with Crippen molar-refractivity contribution in [1.29, 1.82) is 0 Å². The monoisotopic (exact) mass is 742 g/mol. The van der Waals surface area contributed by atoms with Crippen LogP contribution < -0.4 is 11.1 Å². The Hall–Kier alpha value is -3.42. The number of Topliss-reactive ketones (excluding diaryl/α,β-unsaturated/α-hetero) is 2. The molecule has 2 saturated heterocycles. The lowest BCUT2D eigenvalue weighted by molar-refractivity contribution is 0.0292. The highest BCUT2D eigenvalue weighted by Gasteiger charge is 2.33. The minimum absolute atomic E-state index is 0. The van der Waals surface area contributed by atoms with Gasteiger partial charge in [-0.1, -0.05) is 0 Å². The molecule has 2 atom stereocenters. The van der Waals surface area contributed by atoms with Crippen molar-refractivity contribution in [1.82, 2.24) is 19.8 Å². The summed E-state index contributed by atoms with van der Waals surface area (Å²) in [5, 5.41) is 1.76. The summed E-state index contributed by atoms with van der Waals surface area (Å²) >= 11 is 0. The summed E-state index contributed by atoms with van der Waals surface area (Å²) in [4.78, 5) is 60.0. The summed E-state index contributed by atoms with van der Waals surface area (Å²) in [5.41, 5.74) is 7.41. The van der Waals surface area contributed by atoms with Crippen molar-refractivity contribution < 1.29 is 24.5 Å². The first-order chi connectivity index (χ1) is 23.3. The van der Waals surface area contributed by atoms with Crippen molar-refractivity contribution in [3.63, 3.8) is 0 Å². The maximum atomic E-state index is 13.2. The first-order valence-electron chi connectivity index (χ1n) is 17.3. The molecule has 2 unspecified atom stereocenters. The molecule has 11 nitrogen and oxygen atoms in total. The fraction of sp³-hybridized carbons (Fsp3) is 0.474. The number of benzene rings is 2. The largest absolute Gasteiger partial charge is 0.412 e. The Balaban J connectivity index is 0.000000216. The lowest BCUT2D eigenvalue weighted by Crippen LogP contribution is -2.42. The second-order valence-electron chi connectivity index (χ2n) is 13.7. The van der Waals surface area contributed by atoms with Gasteiger partial charge in [-0.05, 0) is 86.1 Å². The molecular weight excluding hydrogens is 695 g/mol. The number of hydrogen-bond acceptors (Lipinski definition) is 8. The number of hydrogen-bond donors (Lipinski definition) is 2. The van der Waals surface area contributed by atoms with Crippen LogP contribution >= 0.6 is 24.8 Å². The van der Waals surface area contributed by atoms with Crippen LogP contribution in [0.4, 0.5) is 0 Å². The van der Waals surface area contributed by atoms with E-state index in [1.54, 1.807) is 12.1 Å². The summed E-state index contributed by atoms with van der Waals surface area (Å²) < 4.78 is 10.8. The van der Waals surface area contributed by atoms with Gasteiger partial charge in [-0.15, -0.1) is 24.8 Å². The molecule has 2 fully saturated rings. The summed E-state index contributed by atoms with van der Waals surface area (Å²) in [6.45, 7) is 12.3. The maximum absolute atomic E-state index is 13.2. The van der Waals surface area contributed by atoms with Gasteiger partial charge < -0.3 is 24.9 Å². The number of carbonyl (C=O) groups excluding carboxylic acids is 2. The number of pyridine rings is 2.